The summed E-state index contributed by atoms with van der Waals surface area (Å²) in [5.41, 5.74) is 0.512. The largest absolute Gasteiger partial charge is 0.494 e. The van der Waals surface area contributed by atoms with Crippen molar-refractivity contribution in [1.82, 2.24) is 5.32 Å². The molecule has 0 unspecified atom stereocenters. The number of hydrogen-bond donors (Lipinski definition) is 1. The highest BCUT2D eigenvalue weighted by atomic mass is 32.2. The van der Waals surface area contributed by atoms with Gasteiger partial charge in [-0.25, -0.2) is 8.42 Å². The van der Waals surface area contributed by atoms with E-state index in [4.69, 9.17) is 4.74 Å². The van der Waals surface area contributed by atoms with E-state index in [9.17, 15) is 13.2 Å². The van der Waals surface area contributed by atoms with Crippen LogP contribution in [0.1, 0.15) is 30.1 Å². The molecule has 1 N–H and O–H groups in total. The maximum Gasteiger partial charge on any atom is 0.251 e. The van der Waals surface area contributed by atoms with Gasteiger partial charge in [0.15, 0.2) is 9.84 Å². The third-order valence-corrected chi connectivity index (χ3v) is 4.92. The third kappa shape index (κ3) is 3.96. The van der Waals surface area contributed by atoms with Gasteiger partial charge >= 0.3 is 0 Å². The van der Waals surface area contributed by atoms with Crippen LogP contribution in [0, 0.1) is 0 Å². The average Bonchev–Trinajstić information content (AvgIpc) is 2.76. The summed E-state index contributed by atoms with van der Waals surface area (Å²) in [5.74, 6) is 0.680. The highest BCUT2D eigenvalue weighted by Crippen LogP contribution is 2.15. The normalized spacial score (nSPS) is 20.6. The molecule has 20 heavy (non-hydrogen) atoms. The fourth-order valence-electron chi connectivity index (χ4n) is 2.10. The quantitative estimate of drug-likeness (QED) is 0.891. The van der Waals surface area contributed by atoms with Crippen molar-refractivity contribution in [2.75, 3.05) is 18.1 Å². The molecule has 0 radical (unpaired) electrons. The van der Waals surface area contributed by atoms with Gasteiger partial charge in [0, 0.05) is 11.6 Å². The van der Waals surface area contributed by atoms with Gasteiger partial charge in [0.2, 0.25) is 0 Å². The van der Waals surface area contributed by atoms with Crippen molar-refractivity contribution >= 4 is 15.7 Å². The zero-order valence-corrected chi connectivity index (χ0v) is 12.3. The molecule has 1 atom stereocenters. The van der Waals surface area contributed by atoms with Crippen molar-refractivity contribution in [3.8, 4) is 5.75 Å². The number of ether oxygens (including phenoxy) is 1. The first-order chi connectivity index (χ1) is 9.50. The van der Waals surface area contributed by atoms with Gasteiger partial charge in [0.25, 0.3) is 5.91 Å². The summed E-state index contributed by atoms with van der Waals surface area (Å²) in [6.45, 7) is 2.67. The topological polar surface area (TPSA) is 72.5 Å². The third-order valence-electron chi connectivity index (χ3n) is 3.16. The van der Waals surface area contributed by atoms with E-state index in [2.05, 4.69) is 5.32 Å². The van der Waals surface area contributed by atoms with Crippen LogP contribution in [0.25, 0.3) is 0 Å². The highest BCUT2D eigenvalue weighted by Gasteiger charge is 2.29. The van der Waals surface area contributed by atoms with Gasteiger partial charge in [-0.05, 0) is 37.1 Å². The Bertz CT molecular complexity index is 565. The van der Waals surface area contributed by atoms with Crippen molar-refractivity contribution in [2.45, 2.75) is 25.8 Å². The SMILES string of the molecule is CCCOc1ccc(C(=O)N[C@@H]2CCS(=O)(=O)C2)cc1. The molecule has 1 aromatic carbocycles. The number of hydrogen-bond acceptors (Lipinski definition) is 4. The van der Waals surface area contributed by atoms with Crippen molar-refractivity contribution in [3.05, 3.63) is 29.8 Å². The minimum Gasteiger partial charge on any atom is -0.494 e. The molecule has 1 fully saturated rings. The molecule has 2 rings (SSSR count). The summed E-state index contributed by atoms with van der Waals surface area (Å²) in [6, 6.07) is 6.59. The van der Waals surface area contributed by atoms with Crippen molar-refractivity contribution in [3.63, 3.8) is 0 Å². The Morgan fingerprint density at radius 3 is 2.60 bits per heavy atom. The van der Waals surface area contributed by atoms with Gasteiger partial charge < -0.3 is 10.1 Å². The monoisotopic (exact) mass is 297 g/mol. The number of rotatable bonds is 5. The minimum atomic E-state index is -2.97. The van der Waals surface area contributed by atoms with Crippen LogP contribution in [0.4, 0.5) is 0 Å². The van der Waals surface area contributed by atoms with Crippen LogP contribution >= 0.6 is 0 Å². The van der Waals surface area contributed by atoms with E-state index in [-0.39, 0.29) is 23.5 Å². The first-order valence-corrected chi connectivity index (χ1v) is 8.56. The molecular formula is C14H19NO4S. The van der Waals surface area contributed by atoms with Crippen LogP contribution < -0.4 is 10.1 Å². The molecule has 0 aromatic heterocycles. The molecule has 1 aliphatic heterocycles. The Hall–Kier alpha value is -1.56. The van der Waals surface area contributed by atoms with Gasteiger partial charge in [-0.1, -0.05) is 6.92 Å². The fourth-order valence-corrected chi connectivity index (χ4v) is 3.77. The molecule has 6 heteroatoms. The van der Waals surface area contributed by atoms with Crippen molar-refractivity contribution in [2.24, 2.45) is 0 Å². The number of benzene rings is 1. The maximum absolute atomic E-state index is 12.0. The fraction of sp³-hybridized carbons (Fsp3) is 0.500. The summed E-state index contributed by atoms with van der Waals surface area (Å²) in [4.78, 5) is 12.0. The van der Waals surface area contributed by atoms with Crippen LogP contribution in [0.3, 0.4) is 0 Å². The molecule has 0 bridgehead atoms. The second-order valence-corrected chi connectivity index (χ2v) is 7.17. The Kier molecular flexibility index (Phi) is 4.65. The first-order valence-electron chi connectivity index (χ1n) is 6.74. The molecule has 1 aliphatic rings. The number of amides is 1. The Morgan fingerprint density at radius 1 is 1.35 bits per heavy atom. The Morgan fingerprint density at radius 2 is 2.05 bits per heavy atom. The summed E-state index contributed by atoms with van der Waals surface area (Å²) in [5, 5.41) is 2.75. The van der Waals surface area contributed by atoms with Crippen molar-refractivity contribution in [1.29, 1.82) is 0 Å². The van der Waals surface area contributed by atoms with E-state index >= 15 is 0 Å². The zero-order valence-electron chi connectivity index (χ0n) is 11.5. The van der Waals surface area contributed by atoms with Gasteiger partial charge in [-0.3, -0.25) is 4.79 Å². The summed E-state index contributed by atoms with van der Waals surface area (Å²) in [7, 11) is -2.97. The highest BCUT2D eigenvalue weighted by molar-refractivity contribution is 7.91. The maximum atomic E-state index is 12.0. The average molecular weight is 297 g/mol. The zero-order chi connectivity index (χ0) is 14.6. The lowest BCUT2D eigenvalue weighted by molar-refractivity contribution is 0.0941. The molecule has 0 saturated carbocycles. The molecule has 0 aliphatic carbocycles. The van der Waals surface area contributed by atoms with Crippen LogP contribution in [-0.2, 0) is 9.84 Å². The van der Waals surface area contributed by atoms with Crippen molar-refractivity contribution < 1.29 is 17.9 Å². The van der Waals surface area contributed by atoms with Crippen LogP contribution in [-0.4, -0.2) is 38.5 Å². The molecule has 1 aromatic rings. The van der Waals surface area contributed by atoms with Gasteiger partial charge in [0.05, 0.1) is 18.1 Å². The second-order valence-electron chi connectivity index (χ2n) is 4.95. The minimum absolute atomic E-state index is 0.0381. The molecule has 110 valence electrons. The second kappa shape index (κ2) is 6.26. The lowest BCUT2D eigenvalue weighted by atomic mass is 10.2. The van der Waals surface area contributed by atoms with Crippen LogP contribution in [0.15, 0.2) is 24.3 Å². The van der Waals surface area contributed by atoms with Crippen LogP contribution in [0.5, 0.6) is 5.75 Å². The first kappa shape index (κ1) is 14.8. The number of carbonyl (C=O) groups excluding carboxylic acids is 1. The Labute approximate surface area is 119 Å². The van der Waals surface area contributed by atoms with Gasteiger partial charge in [-0.2, -0.15) is 0 Å². The van der Waals surface area contributed by atoms with Gasteiger partial charge in [0.1, 0.15) is 5.75 Å². The van der Waals surface area contributed by atoms with Gasteiger partial charge in [-0.15, -0.1) is 0 Å². The summed E-state index contributed by atoms with van der Waals surface area (Å²) < 4.78 is 28.1. The summed E-state index contributed by atoms with van der Waals surface area (Å²) in [6.07, 6.45) is 1.42. The number of nitrogens with one attached hydrogen (secondary N) is 1. The molecule has 5 nitrogen and oxygen atoms in total. The smallest absolute Gasteiger partial charge is 0.251 e. The molecular weight excluding hydrogens is 278 g/mol. The van der Waals surface area contributed by atoms with E-state index in [1.54, 1.807) is 24.3 Å². The Balaban J connectivity index is 1.92. The van der Waals surface area contributed by atoms with E-state index in [0.717, 1.165) is 12.2 Å². The molecule has 1 heterocycles. The van der Waals surface area contributed by atoms with E-state index in [1.807, 2.05) is 6.92 Å². The molecule has 1 saturated heterocycles. The summed E-state index contributed by atoms with van der Waals surface area (Å²) >= 11 is 0. The lowest BCUT2D eigenvalue weighted by Gasteiger charge is -2.11. The van der Waals surface area contributed by atoms with E-state index in [0.29, 0.717) is 18.6 Å². The van der Waals surface area contributed by atoms with Crippen LogP contribution in [0.2, 0.25) is 0 Å². The number of carbonyl (C=O) groups is 1. The van der Waals surface area contributed by atoms with E-state index in [1.165, 1.54) is 0 Å². The van der Waals surface area contributed by atoms with E-state index < -0.39 is 9.84 Å². The molecule has 1 amide bonds. The number of sulfone groups is 1. The lowest BCUT2D eigenvalue weighted by Crippen LogP contribution is -2.35. The molecule has 0 spiro atoms. The standard InChI is InChI=1S/C14H19NO4S/c1-2-8-19-13-5-3-11(4-6-13)14(16)15-12-7-9-20(17,18)10-12/h3-6,12H,2,7-10H2,1H3,(H,15,16)/t12-/m1/s1. The predicted molar refractivity (Wildman–Crippen MR) is 76.8 cm³/mol. The predicted octanol–water partition coefficient (Wildman–Crippen LogP) is 1.39.